The van der Waals surface area contributed by atoms with Crippen molar-refractivity contribution in [3.8, 4) is 0 Å². The Kier molecular flexibility index (Phi) is 2.34. The monoisotopic (exact) mass is 223 g/mol. The number of rotatable bonds is 2. The SMILES string of the molecule is CC(C)n1ncc2cc(F)c([N+](=O)[O-])cc21. The fourth-order valence-corrected chi connectivity index (χ4v) is 1.61. The second kappa shape index (κ2) is 3.55. The molecule has 2 rings (SSSR count). The molecule has 0 aliphatic carbocycles. The molecule has 0 bridgehead atoms. The molecule has 2 aromatic rings. The maximum atomic E-state index is 13.3. The highest BCUT2D eigenvalue weighted by molar-refractivity contribution is 5.81. The van der Waals surface area contributed by atoms with Gasteiger partial charge in [0.1, 0.15) is 0 Å². The van der Waals surface area contributed by atoms with Gasteiger partial charge >= 0.3 is 5.69 Å². The first-order valence-electron chi connectivity index (χ1n) is 4.82. The smallest absolute Gasteiger partial charge is 0.262 e. The van der Waals surface area contributed by atoms with E-state index < -0.39 is 16.4 Å². The van der Waals surface area contributed by atoms with E-state index in [1.807, 2.05) is 13.8 Å². The zero-order chi connectivity index (χ0) is 11.9. The van der Waals surface area contributed by atoms with Crippen molar-refractivity contribution in [2.75, 3.05) is 0 Å². The van der Waals surface area contributed by atoms with Gasteiger partial charge in [0.25, 0.3) is 0 Å². The Bertz CT molecular complexity index is 562. The molecule has 0 spiro atoms. The summed E-state index contributed by atoms with van der Waals surface area (Å²) in [5.41, 5.74) is 0.0537. The fourth-order valence-electron chi connectivity index (χ4n) is 1.61. The summed E-state index contributed by atoms with van der Waals surface area (Å²) in [7, 11) is 0. The fraction of sp³-hybridized carbons (Fsp3) is 0.300. The average Bonchev–Trinajstić information content (AvgIpc) is 2.58. The molecule has 0 fully saturated rings. The van der Waals surface area contributed by atoms with E-state index in [9.17, 15) is 14.5 Å². The highest BCUT2D eigenvalue weighted by Crippen LogP contribution is 2.25. The highest BCUT2D eigenvalue weighted by atomic mass is 19.1. The predicted octanol–water partition coefficient (Wildman–Crippen LogP) is 2.66. The zero-order valence-electron chi connectivity index (χ0n) is 8.85. The summed E-state index contributed by atoms with van der Waals surface area (Å²) < 4.78 is 14.9. The van der Waals surface area contributed by atoms with Crippen molar-refractivity contribution in [2.45, 2.75) is 19.9 Å². The van der Waals surface area contributed by atoms with Crippen LogP contribution in [0, 0.1) is 15.9 Å². The van der Waals surface area contributed by atoms with Crippen molar-refractivity contribution in [3.05, 3.63) is 34.3 Å². The van der Waals surface area contributed by atoms with Gasteiger partial charge in [-0.05, 0) is 19.9 Å². The minimum Gasteiger partial charge on any atom is -0.262 e. The maximum Gasteiger partial charge on any atom is 0.306 e. The topological polar surface area (TPSA) is 61.0 Å². The number of benzene rings is 1. The Balaban J connectivity index is 2.74. The van der Waals surface area contributed by atoms with E-state index in [2.05, 4.69) is 5.10 Å². The summed E-state index contributed by atoms with van der Waals surface area (Å²) in [4.78, 5) is 9.87. The quantitative estimate of drug-likeness (QED) is 0.580. The minimum absolute atomic E-state index is 0.0718. The molecule has 1 heterocycles. The van der Waals surface area contributed by atoms with Gasteiger partial charge in [-0.15, -0.1) is 0 Å². The number of aromatic nitrogens is 2. The van der Waals surface area contributed by atoms with Crippen LogP contribution in [0.25, 0.3) is 10.9 Å². The first-order valence-corrected chi connectivity index (χ1v) is 4.82. The van der Waals surface area contributed by atoms with E-state index in [-0.39, 0.29) is 6.04 Å². The molecule has 0 aliphatic rings. The molecule has 6 heteroatoms. The molecule has 0 saturated carbocycles. The zero-order valence-corrected chi connectivity index (χ0v) is 8.85. The third-order valence-corrected chi connectivity index (χ3v) is 2.35. The number of hydrogen-bond acceptors (Lipinski definition) is 3. The van der Waals surface area contributed by atoms with Crippen molar-refractivity contribution >= 4 is 16.6 Å². The first-order chi connectivity index (χ1) is 7.50. The van der Waals surface area contributed by atoms with Crippen LogP contribution in [0.3, 0.4) is 0 Å². The van der Waals surface area contributed by atoms with Crippen LogP contribution in [0.1, 0.15) is 19.9 Å². The standard InChI is InChI=1S/C10H10FN3O2/c1-6(2)13-9-4-10(14(15)16)8(11)3-7(9)5-12-13/h3-6H,1-2H3. The summed E-state index contributed by atoms with van der Waals surface area (Å²) in [6, 6.07) is 2.43. The largest absolute Gasteiger partial charge is 0.306 e. The lowest BCUT2D eigenvalue weighted by molar-refractivity contribution is -0.387. The second-order valence-corrected chi connectivity index (χ2v) is 3.80. The molecule has 84 valence electrons. The lowest BCUT2D eigenvalue weighted by Crippen LogP contribution is -2.02. The molecule has 0 atom stereocenters. The molecule has 1 aromatic carbocycles. The van der Waals surface area contributed by atoms with Crippen molar-refractivity contribution in [3.63, 3.8) is 0 Å². The number of nitro benzene ring substituents is 1. The Labute approximate surface area is 90.6 Å². The number of halogens is 1. The van der Waals surface area contributed by atoms with Crippen molar-refractivity contribution in [1.82, 2.24) is 9.78 Å². The third kappa shape index (κ3) is 1.52. The van der Waals surface area contributed by atoms with E-state index in [0.29, 0.717) is 10.9 Å². The van der Waals surface area contributed by atoms with Crippen LogP contribution < -0.4 is 0 Å². The first kappa shape index (κ1) is 10.5. The van der Waals surface area contributed by atoms with Gasteiger partial charge in [0.2, 0.25) is 5.82 Å². The van der Waals surface area contributed by atoms with Gasteiger partial charge in [0.05, 0.1) is 16.6 Å². The number of hydrogen-bond donors (Lipinski definition) is 0. The Morgan fingerprint density at radius 1 is 1.50 bits per heavy atom. The molecule has 16 heavy (non-hydrogen) atoms. The molecule has 0 saturated heterocycles. The molecular weight excluding hydrogens is 213 g/mol. The Hall–Kier alpha value is -1.98. The molecule has 5 nitrogen and oxygen atoms in total. The molecule has 0 radical (unpaired) electrons. The van der Waals surface area contributed by atoms with Gasteiger partial charge in [-0.1, -0.05) is 0 Å². The summed E-state index contributed by atoms with van der Waals surface area (Å²) in [6.07, 6.45) is 1.50. The van der Waals surface area contributed by atoms with Crippen LogP contribution in [0.2, 0.25) is 0 Å². The minimum atomic E-state index is -0.833. The third-order valence-electron chi connectivity index (χ3n) is 2.35. The van der Waals surface area contributed by atoms with Crippen LogP contribution in [-0.4, -0.2) is 14.7 Å². The van der Waals surface area contributed by atoms with E-state index in [1.54, 1.807) is 4.68 Å². The second-order valence-electron chi connectivity index (χ2n) is 3.80. The van der Waals surface area contributed by atoms with Crippen molar-refractivity contribution in [1.29, 1.82) is 0 Å². The highest BCUT2D eigenvalue weighted by Gasteiger charge is 2.17. The lowest BCUT2D eigenvalue weighted by atomic mass is 10.2. The van der Waals surface area contributed by atoms with Crippen LogP contribution in [0.15, 0.2) is 18.3 Å². The number of nitrogens with zero attached hydrogens (tertiary/aromatic N) is 3. The van der Waals surface area contributed by atoms with Gasteiger partial charge < -0.3 is 0 Å². The van der Waals surface area contributed by atoms with Gasteiger partial charge in [-0.3, -0.25) is 14.8 Å². The van der Waals surface area contributed by atoms with Gasteiger partial charge in [0.15, 0.2) is 0 Å². The van der Waals surface area contributed by atoms with Crippen LogP contribution in [-0.2, 0) is 0 Å². The molecular formula is C10H10FN3O2. The molecule has 1 aromatic heterocycles. The summed E-state index contributed by atoms with van der Waals surface area (Å²) in [5.74, 6) is -0.833. The van der Waals surface area contributed by atoms with E-state index in [1.165, 1.54) is 12.3 Å². The predicted molar refractivity (Wildman–Crippen MR) is 56.7 cm³/mol. The summed E-state index contributed by atoms with van der Waals surface area (Å²) in [6.45, 7) is 3.81. The number of nitro groups is 1. The molecule has 0 amide bonds. The van der Waals surface area contributed by atoms with Gasteiger partial charge in [-0.2, -0.15) is 9.49 Å². The van der Waals surface area contributed by atoms with Crippen molar-refractivity contribution < 1.29 is 9.31 Å². The Morgan fingerprint density at radius 2 is 2.19 bits per heavy atom. The molecule has 0 aliphatic heterocycles. The summed E-state index contributed by atoms with van der Waals surface area (Å²) >= 11 is 0. The van der Waals surface area contributed by atoms with Crippen LogP contribution >= 0.6 is 0 Å². The van der Waals surface area contributed by atoms with Crippen LogP contribution in [0.5, 0.6) is 0 Å². The molecule has 0 unspecified atom stereocenters. The lowest BCUT2D eigenvalue weighted by Gasteiger charge is -2.06. The van der Waals surface area contributed by atoms with E-state index >= 15 is 0 Å². The van der Waals surface area contributed by atoms with Gasteiger partial charge in [0, 0.05) is 17.5 Å². The Morgan fingerprint density at radius 3 is 2.75 bits per heavy atom. The van der Waals surface area contributed by atoms with E-state index in [4.69, 9.17) is 0 Å². The average molecular weight is 223 g/mol. The maximum absolute atomic E-state index is 13.3. The molecule has 0 N–H and O–H groups in total. The summed E-state index contributed by atoms with van der Waals surface area (Å²) in [5, 5.41) is 15.2. The normalized spacial score (nSPS) is 11.2. The van der Waals surface area contributed by atoms with Crippen LogP contribution in [0.4, 0.5) is 10.1 Å². The van der Waals surface area contributed by atoms with E-state index in [0.717, 1.165) is 6.07 Å². The van der Waals surface area contributed by atoms with Crippen molar-refractivity contribution in [2.24, 2.45) is 0 Å². The number of fused-ring (bicyclic) bond motifs is 1. The van der Waals surface area contributed by atoms with Gasteiger partial charge in [-0.25, -0.2) is 0 Å².